The Labute approximate surface area is 321 Å². The fourth-order valence-corrected chi connectivity index (χ4v) is 8.58. The first-order valence-electron chi connectivity index (χ1n) is 18.9. The average molecular weight is 718 g/mol. The van der Waals surface area contributed by atoms with E-state index in [1.165, 1.54) is 5.39 Å². The van der Waals surface area contributed by atoms with Gasteiger partial charge in [0.15, 0.2) is 0 Å². The lowest BCUT2D eigenvalue weighted by atomic mass is 9.98. The van der Waals surface area contributed by atoms with Gasteiger partial charge in [0.25, 0.3) is 0 Å². The van der Waals surface area contributed by atoms with Crippen LogP contribution in [-0.4, -0.2) is 0 Å². The summed E-state index contributed by atoms with van der Waals surface area (Å²) in [5.74, 6) is 0. The van der Waals surface area contributed by atoms with Gasteiger partial charge in [0.1, 0.15) is 33.5 Å². The fraction of sp³-hybridized carbons (Fsp3) is 0. The Kier molecular flexibility index (Phi) is 6.60. The molecule has 0 bridgehead atoms. The maximum absolute atomic E-state index is 6.77. The molecule has 0 saturated heterocycles. The molecule has 0 saturated carbocycles. The number of para-hydroxylation sites is 4. The highest BCUT2D eigenvalue weighted by Gasteiger charge is 2.22. The Balaban J connectivity index is 1.05. The minimum Gasteiger partial charge on any atom is -0.456 e. The van der Waals surface area contributed by atoms with Crippen molar-refractivity contribution < 1.29 is 13.3 Å². The van der Waals surface area contributed by atoms with Crippen LogP contribution in [0.3, 0.4) is 0 Å². The number of hydrogen-bond donors (Lipinski definition) is 0. The summed E-state index contributed by atoms with van der Waals surface area (Å²) < 4.78 is 19.2. The molecule has 3 heterocycles. The molecule has 0 spiro atoms. The molecule has 0 radical (unpaired) electrons. The normalized spacial score (nSPS) is 11.9. The second-order valence-corrected chi connectivity index (χ2v) is 14.5. The molecule has 12 rings (SSSR count). The summed E-state index contributed by atoms with van der Waals surface area (Å²) in [7, 11) is 0. The summed E-state index contributed by atoms with van der Waals surface area (Å²) in [5, 5.41) is 8.98. The second-order valence-electron chi connectivity index (χ2n) is 14.5. The number of hydrogen-bond acceptors (Lipinski definition) is 4. The van der Waals surface area contributed by atoms with E-state index in [9.17, 15) is 0 Å². The highest BCUT2D eigenvalue weighted by Crippen LogP contribution is 2.46. The molecule has 4 nitrogen and oxygen atoms in total. The Morgan fingerprint density at radius 1 is 0.304 bits per heavy atom. The van der Waals surface area contributed by atoms with Crippen LogP contribution in [0.2, 0.25) is 0 Å². The Hall–Kier alpha value is -7.56. The monoisotopic (exact) mass is 717 g/mol. The maximum atomic E-state index is 6.77. The zero-order valence-electron chi connectivity index (χ0n) is 30.1. The zero-order valence-corrected chi connectivity index (χ0v) is 30.1. The molecule has 56 heavy (non-hydrogen) atoms. The number of furan rings is 3. The molecule has 4 heteroatoms. The van der Waals surface area contributed by atoms with E-state index in [4.69, 9.17) is 13.3 Å². The molecular weight excluding hydrogens is 687 g/mol. The van der Waals surface area contributed by atoms with Gasteiger partial charge in [0, 0.05) is 54.8 Å². The van der Waals surface area contributed by atoms with E-state index in [-0.39, 0.29) is 0 Å². The minimum atomic E-state index is 0.861. The molecule has 0 N–H and O–H groups in total. The molecule has 0 unspecified atom stereocenters. The Morgan fingerprint density at radius 3 is 1.64 bits per heavy atom. The summed E-state index contributed by atoms with van der Waals surface area (Å²) in [6, 6.07) is 66.2. The first kappa shape index (κ1) is 30.9. The second kappa shape index (κ2) is 12.0. The minimum absolute atomic E-state index is 0.861. The number of benzene rings is 9. The Morgan fingerprint density at radius 2 is 0.857 bits per heavy atom. The number of anilines is 3. The third-order valence-electron chi connectivity index (χ3n) is 11.3. The predicted octanol–water partition coefficient (Wildman–Crippen LogP) is 15.3. The van der Waals surface area contributed by atoms with Crippen LogP contribution in [0.1, 0.15) is 0 Å². The molecule has 0 amide bonds. The maximum Gasteiger partial charge on any atom is 0.143 e. The van der Waals surface area contributed by atoms with Crippen LogP contribution in [0, 0.1) is 0 Å². The molecule has 9 aromatic carbocycles. The predicted molar refractivity (Wildman–Crippen MR) is 231 cm³/mol. The van der Waals surface area contributed by atoms with E-state index in [0.29, 0.717) is 0 Å². The van der Waals surface area contributed by atoms with Crippen LogP contribution < -0.4 is 4.90 Å². The van der Waals surface area contributed by atoms with Gasteiger partial charge in [0.2, 0.25) is 0 Å². The summed E-state index contributed by atoms with van der Waals surface area (Å²) in [6.45, 7) is 0. The highest BCUT2D eigenvalue weighted by atomic mass is 16.3. The van der Waals surface area contributed by atoms with Gasteiger partial charge in [-0.05, 0) is 94.7 Å². The van der Waals surface area contributed by atoms with Crippen LogP contribution in [0.5, 0.6) is 0 Å². The Bertz CT molecular complexity index is 3490. The summed E-state index contributed by atoms with van der Waals surface area (Å²) in [6.07, 6.45) is 0. The standard InChI is InChI=1S/C52H31NO3/c1-2-11-34-30-51-44(28-33(34)10-1)42-16-9-15-41(52(42)56-51)38-12-3-6-17-46(38)53(37-25-27-50-45(31-37)40-14-5-8-19-48(40)55-50)36-23-20-32(21-24-36)35-22-26-49-43(29-35)39-13-4-7-18-47(39)54-49/h1-31H. The smallest absolute Gasteiger partial charge is 0.143 e. The molecular formula is C52H31NO3. The van der Waals surface area contributed by atoms with Gasteiger partial charge in [-0.25, -0.2) is 0 Å². The van der Waals surface area contributed by atoms with E-state index in [0.717, 1.165) is 111 Å². The van der Waals surface area contributed by atoms with E-state index in [1.807, 2.05) is 24.3 Å². The van der Waals surface area contributed by atoms with Crippen molar-refractivity contribution in [1.82, 2.24) is 0 Å². The average Bonchev–Trinajstić information content (AvgIpc) is 3.94. The van der Waals surface area contributed by atoms with E-state index in [2.05, 4.69) is 169 Å². The third-order valence-corrected chi connectivity index (χ3v) is 11.3. The van der Waals surface area contributed by atoms with E-state index in [1.54, 1.807) is 0 Å². The largest absolute Gasteiger partial charge is 0.456 e. The van der Waals surface area contributed by atoms with Crippen LogP contribution in [-0.2, 0) is 0 Å². The lowest BCUT2D eigenvalue weighted by Gasteiger charge is -2.28. The molecule has 262 valence electrons. The van der Waals surface area contributed by atoms with Crippen molar-refractivity contribution in [1.29, 1.82) is 0 Å². The van der Waals surface area contributed by atoms with Gasteiger partial charge in [0.05, 0.1) is 5.69 Å². The van der Waals surface area contributed by atoms with Gasteiger partial charge in [-0.15, -0.1) is 0 Å². The highest BCUT2D eigenvalue weighted by molar-refractivity contribution is 6.14. The first-order chi connectivity index (χ1) is 27.7. The molecule has 0 atom stereocenters. The van der Waals surface area contributed by atoms with Crippen molar-refractivity contribution in [3.8, 4) is 22.3 Å². The van der Waals surface area contributed by atoms with Crippen LogP contribution in [0.4, 0.5) is 17.1 Å². The SMILES string of the molecule is c1ccc(N(c2ccc(-c3ccc4oc5ccccc5c4c3)cc2)c2ccc3oc4ccccc4c3c2)c(-c2cccc3c2oc2cc4ccccc4cc23)c1. The van der Waals surface area contributed by atoms with E-state index < -0.39 is 0 Å². The van der Waals surface area contributed by atoms with Crippen LogP contribution in [0.25, 0.3) is 98.8 Å². The molecule has 12 aromatic rings. The van der Waals surface area contributed by atoms with Crippen molar-refractivity contribution >= 4 is 93.7 Å². The van der Waals surface area contributed by atoms with Crippen molar-refractivity contribution in [2.45, 2.75) is 0 Å². The van der Waals surface area contributed by atoms with Gasteiger partial charge in [-0.2, -0.15) is 0 Å². The quantitative estimate of drug-likeness (QED) is 0.178. The van der Waals surface area contributed by atoms with Gasteiger partial charge in [-0.3, -0.25) is 0 Å². The third kappa shape index (κ3) is 4.73. The van der Waals surface area contributed by atoms with Crippen molar-refractivity contribution in [3.63, 3.8) is 0 Å². The number of rotatable bonds is 5. The number of fused-ring (bicyclic) bond motifs is 10. The lowest BCUT2D eigenvalue weighted by Crippen LogP contribution is -2.11. The van der Waals surface area contributed by atoms with Gasteiger partial charge in [-0.1, -0.05) is 115 Å². The van der Waals surface area contributed by atoms with Crippen molar-refractivity contribution in [2.24, 2.45) is 0 Å². The van der Waals surface area contributed by atoms with Crippen LogP contribution in [0.15, 0.2) is 201 Å². The molecule has 3 aromatic heterocycles. The summed E-state index contributed by atoms with van der Waals surface area (Å²) in [4.78, 5) is 2.35. The lowest BCUT2D eigenvalue weighted by molar-refractivity contribution is 0.668. The van der Waals surface area contributed by atoms with Crippen molar-refractivity contribution in [3.05, 3.63) is 188 Å². The summed E-state index contributed by atoms with van der Waals surface area (Å²) in [5.41, 5.74) is 12.8. The van der Waals surface area contributed by atoms with Crippen LogP contribution >= 0.6 is 0 Å². The van der Waals surface area contributed by atoms with Gasteiger partial charge < -0.3 is 18.2 Å². The van der Waals surface area contributed by atoms with Crippen molar-refractivity contribution in [2.75, 3.05) is 4.90 Å². The molecule has 0 aliphatic rings. The molecule has 0 fully saturated rings. The number of nitrogens with zero attached hydrogens (tertiary/aromatic N) is 1. The molecule has 0 aliphatic carbocycles. The zero-order chi connectivity index (χ0) is 36.7. The first-order valence-corrected chi connectivity index (χ1v) is 18.9. The van der Waals surface area contributed by atoms with Gasteiger partial charge >= 0.3 is 0 Å². The fourth-order valence-electron chi connectivity index (χ4n) is 8.58. The van der Waals surface area contributed by atoms with E-state index >= 15 is 0 Å². The molecule has 0 aliphatic heterocycles. The topological polar surface area (TPSA) is 42.7 Å². The summed E-state index contributed by atoms with van der Waals surface area (Å²) >= 11 is 0.